The summed E-state index contributed by atoms with van der Waals surface area (Å²) < 4.78 is 5.20. The van der Waals surface area contributed by atoms with E-state index in [1.54, 1.807) is 18.4 Å². The molecule has 5 heteroatoms. The quantitative estimate of drug-likeness (QED) is 0.656. The number of carbonyl (C=O) groups excluding carboxylic acids is 1. The highest BCUT2D eigenvalue weighted by atomic mass is 32.1. The van der Waals surface area contributed by atoms with Gasteiger partial charge < -0.3 is 10.1 Å². The third-order valence-corrected chi connectivity index (χ3v) is 5.03. The van der Waals surface area contributed by atoms with Crippen LogP contribution < -0.4 is 10.1 Å². The van der Waals surface area contributed by atoms with E-state index in [0.717, 1.165) is 22.7 Å². The zero-order valence-corrected chi connectivity index (χ0v) is 15.6. The molecule has 0 saturated carbocycles. The number of nitrogens with one attached hydrogen (secondary N) is 1. The maximum Gasteiger partial charge on any atom is 0.220 e. The van der Waals surface area contributed by atoms with Gasteiger partial charge in [-0.25, -0.2) is 4.98 Å². The van der Waals surface area contributed by atoms with Crippen molar-refractivity contribution in [2.75, 3.05) is 7.11 Å². The van der Waals surface area contributed by atoms with Crippen molar-refractivity contribution in [1.29, 1.82) is 0 Å². The van der Waals surface area contributed by atoms with Gasteiger partial charge in [-0.2, -0.15) is 0 Å². The van der Waals surface area contributed by atoms with Crippen molar-refractivity contribution in [1.82, 2.24) is 10.3 Å². The number of benzene rings is 2. The molecule has 0 saturated heterocycles. The average Bonchev–Trinajstić information content (AvgIpc) is 3.13. The molecule has 0 aliphatic carbocycles. The van der Waals surface area contributed by atoms with Crippen LogP contribution in [0.1, 0.15) is 27.4 Å². The van der Waals surface area contributed by atoms with Crippen molar-refractivity contribution in [3.8, 4) is 5.75 Å². The number of nitrogens with zero attached hydrogens (tertiary/aromatic N) is 1. The van der Waals surface area contributed by atoms with Crippen molar-refractivity contribution < 1.29 is 9.53 Å². The van der Waals surface area contributed by atoms with E-state index in [4.69, 9.17) is 4.74 Å². The first-order chi connectivity index (χ1) is 12.7. The zero-order chi connectivity index (χ0) is 18.2. The van der Waals surface area contributed by atoms with Gasteiger partial charge in [-0.3, -0.25) is 4.79 Å². The van der Waals surface area contributed by atoms with Crippen molar-refractivity contribution in [3.63, 3.8) is 0 Å². The van der Waals surface area contributed by atoms with E-state index in [1.165, 1.54) is 10.4 Å². The third kappa shape index (κ3) is 5.43. The maximum atomic E-state index is 12.1. The molecular weight excluding hydrogens is 344 g/mol. The third-order valence-electron chi connectivity index (χ3n) is 4.03. The molecule has 3 rings (SSSR count). The van der Waals surface area contributed by atoms with E-state index in [0.29, 0.717) is 19.4 Å². The second kappa shape index (κ2) is 9.15. The number of carbonyl (C=O) groups is 1. The lowest BCUT2D eigenvalue weighted by molar-refractivity contribution is -0.121. The molecule has 134 valence electrons. The Balaban J connectivity index is 1.44. The van der Waals surface area contributed by atoms with Crippen LogP contribution in [0.3, 0.4) is 0 Å². The summed E-state index contributed by atoms with van der Waals surface area (Å²) in [6, 6.07) is 18.1. The summed E-state index contributed by atoms with van der Waals surface area (Å²) in [5.41, 5.74) is 2.36. The monoisotopic (exact) mass is 366 g/mol. The fourth-order valence-electron chi connectivity index (χ4n) is 2.66. The Morgan fingerprint density at radius 2 is 1.92 bits per heavy atom. The SMILES string of the molecule is COc1cccc(CCC(=O)NCc2ncc(Cc3ccccc3)s2)c1. The van der Waals surface area contributed by atoms with Crippen molar-refractivity contribution in [3.05, 3.63) is 81.8 Å². The largest absolute Gasteiger partial charge is 0.497 e. The summed E-state index contributed by atoms with van der Waals surface area (Å²) in [7, 11) is 1.64. The molecule has 2 aromatic carbocycles. The molecule has 1 amide bonds. The van der Waals surface area contributed by atoms with E-state index < -0.39 is 0 Å². The van der Waals surface area contributed by atoms with Gasteiger partial charge in [-0.15, -0.1) is 11.3 Å². The van der Waals surface area contributed by atoms with Gasteiger partial charge in [0.25, 0.3) is 0 Å². The summed E-state index contributed by atoms with van der Waals surface area (Å²) in [5.74, 6) is 0.851. The van der Waals surface area contributed by atoms with Gasteiger partial charge >= 0.3 is 0 Å². The highest BCUT2D eigenvalue weighted by Gasteiger charge is 2.07. The number of methoxy groups -OCH3 is 1. The van der Waals surface area contributed by atoms with E-state index in [9.17, 15) is 4.79 Å². The predicted octanol–water partition coefficient (Wildman–Crippen LogP) is 3.99. The topological polar surface area (TPSA) is 51.2 Å². The number of rotatable bonds is 8. The molecule has 0 bridgehead atoms. The molecular formula is C21H22N2O2S. The summed E-state index contributed by atoms with van der Waals surface area (Å²) >= 11 is 1.65. The minimum atomic E-state index is 0.0348. The highest BCUT2D eigenvalue weighted by molar-refractivity contribution is 7.11. The van der Waals surface area contributed by atoms with Crippen LogP contribution in [-0.2, 0) is 24.2 Å². The molecule has 0 unspecified atom stereocenters. The lowest BCUT2D eigenvalue weighted by atomic mass is 10.1. The molecule has 0 aliphatic rings. The van der Waals surface area contributed by atoms with E-state index >= 15 is 0 Å². The van der Waals surface area contributed by atoms with Gasteiger partial charge in [0.05, 0.1) is 13.7 Å². The fraction of sp³-hybridized carbons (Fsp3) is 0.238. The Morgan fingerprint density at radius 3 is 2.73 bits per heavy atom. The summed E-state index contributed by atoms with van der Waals surface area (Å²) in [4.78, 5) is 17.7. The predicted molar refractivity (Wildman–Crippen MR) is 105 cm³/mol. The van der Waals surface area contributed by atoms with Crippen LogP contribution in [0.25, 0.3) is 0 Å². The van der Waals surface area contributed by atoms with E-state index in [-0.39, 0.29) is 5.91 Å². The molecule has 26 heavy (non-hydrogen) atoms. The lowest BCUT2D eigenvalue weighted by Crippen LogP contribution is -2.22. The molecule has 1 N–H and O–H groups in total. The summed E-state index contributed by atoms with van der Waals surface area (Å²) in [6.45, 7) is 0.483. The first-order valence-corrected chi connectivity index (χ1v) is 9.42. The zero-order valence-electron chi connectivity index (χ0n) is 14.8. The smallest absolute Gasteiger partial charge is 0.220 e. The summed E-state index contributed by atoms with van der Waals surface area (Å²) in [6.07, 6.45) is 3.92. The summed E-state index contributed by atoms with van der Waals surface area (Å²) in [5, 5.41) is 3.89. The molecule has 0 spiro atoms. The van der Waals surface area contributed by atoms with Gasteiger partial charge in [0.15, 0.2) is 0 Å². The van der Waals surface area contributed by atoms with Gasteiger partial charge in [0.1, 0.15) is 10.8 Å². The molecule has 4 nitrogen and oxygen atoms in total. The molecule has 0 fully saturated rings. The van der Waals surface area contributed by atoms with Crippen LogP contribution in [0.15, 0.2) is 60.8 Å². The van der Waals surface area contributed by atoms with Gasteiger partial charge in [0, 0.05) is 23.9 Å². The Labute approximate surface area is 157 Å². The Hall–Kier alpha value is -2.66. The van der Waals surface area contributed by atoms with Crippen molar-refractivity contribution >= 4 is 17.2 Å². The number of aryl methyl sites for hydroxylation is 1. The van der Waals surface area contributed by atoms with Crippen LogP contribution >= 0.6 is 11.3 Å². The molecule has 3 aromatic rings. The van der Waals surface area contributed by atoms with Crippen LogP contribution in [0.5, 0.6) is 5.75 Å². The highest BCUT2D eigenvalue weighted by Crippen LogP contribution is 2.17. The van der Waals surface area contributed by atoms with Crippen LogP contribution in [0, 0.1) is 0 Å². The van der Waals surface area contributed by atoms with Crippen molar-refractivity contribution in [2.45, 2.75) is 25.8 Å². The van der Waals surface area contributed by atoms with Crippen LogP contribution in [-0.4, -0.2) is 18.0 Å². The van der Waals surface area contributed by atoms with Crippen LogP contribution in [0.4, 0.5) is 0 Å². The van der Waals surface area contributed by atoms with Gasteiger partial charge in [-0.1, -0.05) is 42.5 Å². The minimum Gasteiger partial charge on any atom is -0.497 e. The lowest BCUT2D eigenvalue weighted by Gasteiger charge is -2.05. The number of ether oxygens (including phenoxy) is 1. The normalized spacial score (nSPS) is 10.5. The Bertz CT molecular complexity index is 846. The number of hydrogen-bond acceptors (Lipinski definition) is 4. The molecule has 1 aromatic heterocycles. The molecule has 0 aliphatic heterocycles. The molecule has 0 radical (unpaired) electrons. The minimum absolute atomic E-state index is 0.0348. The average molecular weight is 366 g/mol. The second-order valence-corrected chi connectivity index (χ2v) is 7.21. The van der Waals surface area contributed by atoms with Crippen LogP contribution in [0.2, 0.25) is 0 Å². The fourth-order valence-corrected chi connectivity index (χ4v) is 3.55. The van der Waals surface area contributed by atoms with Gasteiger partial charge in [-0.05, 0) is 29.7 Å². The van der Waals surface area contributed by atoms with E-state index in [2.05, 4.69) is 22.4 Å². The van der Waals surface area contributed by atoms with E-state index in [1.807, 2.05) is 48.7 Å². The molecule has 0 atom stereocenters. The van der Waals surface area contributed by atoms with Crippen molar-refractivity contribution in [2.24, 2.45) is 0 Å². The number of thiazole rings is 1. The number of amides is 1. The first-order valence-electron chi connectivity index (χ1n) is 8.60. The molecule has 1 heterocycles. The Morgan fingerprint density at radius 1 is 1.12 bits per heavy atom. The number of hydrogen-bond donors (Lipinski definition) is 1. The Kier molecular flexibility index (Phi) is 6.39. The number of aromatic nitrogens is 1. The van der Waals surface area contributed by atoms with Gasteiger partial charge in [0.2, 0.25) is 5.91 Å². The second-order valence-electron chi connectivity index (χ2n) is 6.01. The maximum absolute atomic E-state index is 12.1. The first kappa shape index (κ1) is 18.1. The standard InChI is InChI=1S/C21H22N2O2S/c1-25-18-9-5-8-17(12-18)10-11-20(24)22-15-21-23-14-19(26-21)13-16-6-3-2-4-7-16/h2-9,12,14H,10-11,13,15H2,1H3,(H,22,24).